The Morgan fingerprint density at radius 2 is 1.81 bits per heavy atom. The van der Waals surface area contributed by atoms with Gasteiger partial charge < -0.3 is 4.74 Å². The molecule has 0 heterocycles. The van der Waals surface area contributed by atoms with Crippen molar-refractivity contribution < 1.29 is 9.53 Å². The Hall–Kier alpha value is -1.83. The van der Waals surface area contributed by atoms with Gasteiger partial charge in [-0.1, -0.05) is 35.9 Å². The number of benzene rings is 2. The zero-order chi connectivity index (χ0) is 11.5. The van der Waals surface area contributed by atoms with E-state index in [-0.39, 0.29) is 5.97 Å². The fourth-order valence-electron chi connectivity index (χ4n) is 1.69. The minimum absolute atomic E-state index is 0.246. The first-order valence-corrected chi connectivity index (χ1v) is 5.28. The number of hydrogen-bond acceptors (Lipinski definition) is 2. The smallest absolute Gasteiger partial charge is 0.302 e. The molecule has 0 atom stereocenters. The van der Waals surface area contributed by atoms with Crippen LogP contribution in [-0.4, -0.2) is 5.97 Å². The van der Waals surface area contributed by atoms with Crippen molar-refractivity contribution in [1.29, 1.82) is 0 Å². The number of fused-ring (bicyclic) bond motifs is 1. The molecule has 2 aromatic rings. The standard InChI is InChI=1S/C14H14O2/c1-10-3-5-14-8-12(9-16-11(2)15)4-6-13(14)7-10/h3-8H,9H2,1-2H3. The maximum absolute atomic E-state index is 10.7. The second-order valence-electron chi connectivity index (χ2n) is 3.97. The first-order chi connectivity index (χ1) is 7.65. The van der Waals surface area contributed by atoms with E-state index >= 15 is 0 Å². The molecule has 0 aliphatic carbocycles. The summed E-state index contributed by atoms with van der Waals surface area (Å²) in [5.74, 6) is -0.246. The molecule has 0 unspecified atom stereocenters. The molecular formula is C14H14O2. The molecule has 2 rings (SSSR count). The largest absolute Gasteiger partial charge is 0.461 e. The van der Waals surface area contributed by atoms with Gasteiger partial charge in [-0.25, -0.2) is 0 Å². The molecule has 0 N–H and O–H groups in total. The Morgan fingerprint density at radius 1 is 1.12 bits per heavy atom. The van der Waals surface area contributed by atoms with Gasteiger partial charge in [0, 0.05) is 6.92 Å². The molecule has 0 spiro atoms. The number of ether oxygens (including phenoxy) is 1. The lowest BCUT2D eigenvalue weighted by molar-refractivity contribution is -0.142. The highest BCUT2D eigenvalue weighted by Crippen LogP contribution is 2.18. The van der Waals surface area contributed by atoms with Crippen LogP contribution in [0.15, 0.2) is 36.4 Å². The Kier molecular flexibility index (Phi) is 2.91. The lowest BCUT2D eigenvalue weighted by Crippen LogP contribution is -1.98. The second kappa shape index (κ2) is 4.35. The summed E-state index contributed by atoms with van der Waals surface area (Å²) < 4.78 is 4.96. The maximum atomic E-state index is 10.7. The molecule has 0 aromatic heterocycles. The van der Waals surface area contributed by atoms with Crippen molar-refractivity contribution in [3.63, 3.8) is 0 Å². The van der Waals surface area contributed by atoms with Crippen molar-refractivity contribution in [1.82, 2.24) is 0 Å². The SMILES string of the molecule is CC(=O)OCc1ccc2cc(C)ccc2c1. The van der Waals surface area contributed by atoms with Crippen molar-refractivity contribution >= 4 is 16.7 Å². The average Bonchev–Trinajstić information content (AvgIpc) is 2.26. The molecule has 0 aliphatic heterocycles. The van der Waals surface area contributed by atoms with Crippen LogP contribution in [0.1, 0.15) is 18.1 Å². The fourth-order valence-corrected chi connectivity index (χ4v) is 1.69. The minimum Gasteiger partial charge on any atom is -0.461 e. The summed E-state index contributed by atoms with van der Waals surface area (Å²) in [5.41, 5.74) is 2.27. The van der Waals surface area contributed by atoms with Gasteiger partial charge >= 0.3 is 5.97 Å². The molecule has 82 valence electrons. The number of carbonyl (C=O) groups is 1. The molecule has 0 amide bonds. The van der Waals surface area contributed by atoms with E-state index in [1.54, 1.807) is 0 Å². The van der Waals surface area contributed by atoms with Crippen molar-refractivity contribution in [3.05, 3.63) is 47.5 Å². The van der Waals surface area contributed by atoms with E-state index in [0.29, 0.717) is 6.61 Å². The fraction of sp³-hybridized carbons (Fsp3) is 0.214. The summed E-state index contributed by atoms with van der Waals surface area (Å²) >= 11 is 0. The van der Waals surface area contributed by atoms with E-state index in [2.05, 4.69) is 37.3 Å². The van der Waals surface area contributed by atoms with Gasteiger partial charge in [0.2, 0.25) is 0 Å². The van der Waals surface area contributed by atoms with E-state index in [4.69, 9.17) is 4.74 Å². The summed E-state index contributed by atoms with van der Waals surface area (Å²) in [5, 5.41) is 2.39. The van der Waals surface area contributed by atoms with E-state index in [0.717, 1.165) is 5.56 Å². The van der Waals surface area contributed by atoms with E-state index in [9.17, 15) is 4.79 Å². The van der Waals surface area contributed by atoms with Crippen LogP contribution in [-0.2, 0) is 16.1 Å². The lowest BCUT2D eigenvalue weighted by Gasteiger charge is -2.04. The van der Waals surface area contributed by atoms with E-state index < -0.39 is 0 Å². The molecule has 2 nitrogen and oxygen atoms in total. The highest BCUT2D eigenvalue weighted by Gasteiger charge is 1.99. The quantitative estimate of drug-likeness (QED) is 0.717. The Labute approximate surface area is 94.8 Å². The summed E-state index contributed by atoms with van der Waals surface area (Å²) in [6, 6.07) is 12.4. The van der Waals surface area contributed by atoms with Gasteiger partial charge in [0.05, 0.1) is 0 Å². The van der Waals surface area contributed by atoms with Crippen LogP contribution in [0.4, 0.5) is 0 Å². The molecule has 0 saturated carbocycles. The van der Waals surface area contributed by atoms with Crippen molar-refractivity contribution in [2.24, 2.45) is 0 Å². The summed E-state index contributed by atoms with van der Waals surface area (Å²) in [7, 11) is 0. The Balaban J connectivity index is 2.30. The predicted molar refractivity (Wildman–Crippen MR) is 64.2 cm³/mol. The monoisotopic (exact) mass is 214 g/mol. The zero-order valence-electron chi connectivity index (χ0n) is 9.49. The van der Waals surface area contributed by atoms with Gasteiger partial charge in [-0.3, -0.25) is 4.79 Å². The predicted octanol–water partition coefficient (Wildman–Crippen LogP) is 3.21. The van der Waals surface area contributed by atoms with Gasteiger partial charge in [0.15, 0.2) is 0 Å². The number of carbonyl (C=O) groups excluding carboxylic acids is 1. The van der Waals surface area contributed by atoms with Crippen LogP contribution in [0.25, 0.3) is 10.8 Å². The molecule has 0 radical (unpaired) electrons. The Morgan fingerprint density at radius 3 is 2.56 bits per heavy atom. The van der Waals surface area contributed by atoms with E-state index in [1.165, 1.54) is 23.3 Å². The number of esters is 1. The average molecular weight is 214 g/mol. The van der Waals surface area contributed by atoms with Crippen LogP contribution in [0.2, 0.25) is 0 Å². The van der Waals surface area contributed by atoms with Crippen molar-refractivity contribution in [2.45, 2.75) is 20.5 Å². The molecule has 0 aliphatic rings. The normalized spacial score (nSPS) is 10.4. The molecule has 0 bridgehead atoms. The first-order valence-electron chi connectivity index (χ1n) is 5.28. The topological polar surface area (TPSA) is 26.3 Å². The summed E-state index contributed by atoms with van der Waals surface area (Å²) in [6.07, 6.45) is 0. The summed E-state index contributed by atoms with van der Waals surface area (Å²) in [4.78, 5) is 10.7. The van der Waals surface area contributed by atoms with Gasteiger partial charge in [-0.15, -0.1) is 0 Å². The third-order valence-corrected chi connectivity index (χ3v) is 2.50. The van der Waals surface area contributed by atoms with Crippen LogP contribution in [0, 0.1) is 6.92 Å². The second-order valence-corrected chi connectivity index (χ2v) is 3.97. The number of rotatable bonds is 2. The molecular weight excluding hydrogens is 200 g/mol. The molecule has 0 saturated heterocycles. The molecule has 16 heavy (non-hydrogen) atoms. The van der Waals surface area contributed by atoms with Crippen molar-refractivity contribution in [2.75, 3.05) is 0 Å². The molecule has 2 aromatic carbocycles. The van der Waals surface area contributed by atoms with Gasteiger partial charge in [0.1, 0.15) is 6.61 Å². The van der Waals surface area contributed by atoms with Crippen molar-refractivity contribution in [3.8, 4) is 0 Å². The number of aryl methyl sites for hydroxylation is 1. The molecule has 2 heteroatoms. The van der Waals surface area contributed by atoms with Gasteiger partial charge in [0.25, 0.3) is 0 Å². The highest BCUT2D eigenvalue weighted by molar-refractivity contribution is 5.83. The third kappa shape index (κ3) is 2.40. The highest BCUT2D eigenvalue weighted by atomic mass is 16.5. The Bertz CT molecular complexity index is 529. The summed E-state index contributed by atoms with van der Waals surface area (Å²) in [6.45, 7) is 3.84. The van der Waals surface area contributed by atoms with Crippen LogP contribution in [0.5, 0.6) is 0 Å². The van der Waals surface area contributed by atoms with Gasteiger partial charge in [-0.05, 0) is 29.3 Å². The molecule has 0 fully saturated rings. The first kappa shape index (κ1) is 10.7. The van der Waals surface area contributed by atoms with Crippen LogP contribution in [0.3, 0.4) is 0 Å². The number of hydrogen-bond donors (Lipinski definition) is 0. The van der Waals surface area contributed by atoms with Gasteiger partial charge in [-0.2, -0.15) is 0 Å². The minimum atomic E-state index is -0.246. The lowest BCUT2D eigenvalue weighted by atomic mass is 10.1. The zero-order valence-corrected chi connectivity index (χ0v) is 9.49. The van der Waals surface area contributed by atoms with Crippen LogP contribution < -0.4 is 0 Å². The third-order valence-electron chi connectivity index (χ3n) is 2.50. The maximum Gasteiger partial charge on any atom is 0.302 e. The van der Waals surface area contributed by atoms with E-state index in [1.807, 2.05) is 6.07 Å². The van der Waals surface area contributed by atoms with Crippen LogP contribution >= 0.6 is 0 Å².